The van der Waals surface area contributed by atoms with Gasteiger partial charge in [0.15, 0.2) is 0 Å². The molecule has 0 spiro atoms. The van der Waals surface area contributed by atoms with E-state index in [1.807, 2.05) is 0 Å². The van der Waals surface area contributed by atoms with Crippen LogP contribution in [0.25, 0.3) is 0 Å². The van der Waals surface area contributed by atoms with Crippen LogP contribution in [-0.4, -0.2) is 41.0 Å². The van der Waals surface area contributed by atoms with E-state index in [2.05, 4.69) is 4.74 Å². The molecule has 1 N–H and O–H groups in total. The third kappa shape index (κ3) is 3.77. The Morgan fingerprint density at radius 1 is 1.35 bits per heavy atom. The first-order chi connectivity index (χ1) is 10.8. The molecule has 0 radical (unpaired) electrons. The average Bonchev–Trinajstić information content (AvgIpc) is 3.24. The fourth-order valence-corrected chi connectivity index (χ4v) is 3.15. The van der Waals surface area contributed by atoms with E-state index in [0.717, 1.165) is 37.8 Å². The molecule has 0 bridgehead atoms. The van der Waals surface area contributed by atoms with Crippen LogP contribution in [0.3, 0.4) is 0 Å². The van der Waals surface area contributed by atoms with Crippen molar-refractivity contribution in [2.24, 2.45) is 5.92 Å². The third-order valence-electron chi connectivity index (χ3n) is 4.55. The first-order valence-corrected chi connectivity index (χ1v) is 7.64. The molecule has 7 heteroatoms. The van der Waals surface area contributed by atoms with Crippen LogP contribution in [0.5, 0.6) is 5.75 Å². The van der Waals surface area contributed by atoms with E-state index in [1.54, 1.807) is 4.90 Å². The minimum absolute atomic E-state index is 0.0507. The summed E-state index contributed by atoms with van der Waals surface area (Å²) < 4.78 is 40.7. The van der Waals surface area contributed by atoms with Crippen molar-refractivity contribution in [1.29, 1.82) is 0 Å². The highest BCUT2D eigenvalue weighted by Gasteiger charge is 2.49. The number of piperidine rings is 1. The minimum Gasteiger partial charge on any atom is -0.406 e. The van der Waals surface area contributed by atoms with Gasteiger partial charge in [0, 0.05) is 24.6 Å². The zero-order chi connectivity index (χ0) is 16.7. The van der Waals surface area contributed by atoms with E-state index in [1.165, 1.54) is 12.1 Å². The van der Waals surface area contributed by atoms with Crippen LogP contribution in [0, 0.1) is 5.92 Å². The van der Waals surface area contributed by atoms with Crippen molar-refractivity contribution in [3.63, 3.8) is 0 Å². The number of carbonyl (C=O) groups excluding carboxylic acids is 1. The summed E-state index contributed by atoms with van der Waals surface area (Å²) in [5.41, 5.74) is -0.490. The zero-order valence-corrected chi connectivity index (χ0v) is 12.5. The number of likely N-dealkylation sites (tertiary alicyclic amines) is 1. The fourth-order valence-electron chi connectivity index (χ4n) is 3.15. The number of halogens is 3. The van der Waals surface area contributed by atoms with Gasteiger partial charge >= 0.3 is 6.36 Å². The molecule has 0 aromatic heterocycles. The summed E-state index contributed by atoms with van der Waals surface area (Å²) in [6.45, 7) is 0.995. The SMILES string of the molecule is O=C(c1cccc(OC(F)(F)F)c1)N1CCCC(C2(O)CC2)C1. The van der Waals surface area contributed by atoms with Gasteiger partial charge in [-0.1, -0.05) is 6.07 Å². The van der Waals surface area contributed by atoms with E-state index in [9.17, 15) is 23.1 Å². The second-order valence-electron chi connectivity index (χ2n) is 6.27. The molecule has 1 saturated carbocycles. The first kappa shape index (κ1) is 16.1. The van der Waals surface area contributed by atoms with Crippen LogP contribution < -0.4 is 4.74 Å². The van der Waals surface area contributed by atoms with Crippen LogP contribution >= 0.6 is 0 Å². The van der Waals surface area contributed by atoms with Gasteiger partial charge in [0.2, 0.25) is 0 Å². The van der Waals surface area contributed by atoms with Crippen molar-refractivity contribution in [2.75, 3.05) is 13.1 Å². The molecule has 1 unspecified atom stereocenters. The molecule has 1 heterocycles. The van der Waals surface area contributed by atoms with E-state index >= 15 is 0 Å². The van der Waals surface area contributed by atoms with Crippen molar-refractivity contribution in [2.45, 2.75) is 37.6 Å². The second-order valence-corrected chi connectivity index (χ2v) is 6.27. The van der Waals surface area contributed by atoms with Gasteiger partial charge in [-0.25, -0.2) is 0 Å². The summed E-state index contributed by atoms with van der Waals surface area (Å²) in [7, 11) is 0. The first-order valence-electron chi connectivity index (χ1n) is 7.64. The molecule has 23 heavy (non-hydrogen) atoms. The average molecular weight is 329 g/mol. The lowest BCUT2D eigenvalue weighted by molar-refractivity contribution is -0.274. The largest absolute Gasteiger partial charge is 0.573 e. The van der Waals surface area contributed by atoms with Crippen molar-refractivity contribution in [1.82, 2.24) is 4.90 Å². The van der Waals surface area contributed by atoms with E-state index in [-0.39, 0.29) is 17.4 Å². The molecule has 1 aliphatic heterocycles. The number of benzene rings is 1. The lowest BCUT2D eigenvalue weighted by Gasteiger charge is -2.35. The topological polar surface area (TPSA) is 49.8 Å². The standard InChI is InChI=1S/C16H18F3NO3/c17-16(18,19)23-13-5-1-3-11(9-13)14(21)20-8-2-4-12(10-20)15(22)6-7-15/h1,3,5,9,12,22H,2,4,6-8,10H2. The van der Waals surface area contributed by atoms with E-state index < -0.39 is 17.7 Å². The molecule has 2 fully saturated rings. The number of amides is 1. The van der Waals surface area contributed by atoms with Crippen LogP contribution in [0.2, 0.25) is 0 Å². The number of hydrogen-bond acceptors (Lipinski definition) is 3. The van der Waals surface area contributed by atoms with Gasteiger partial charge in [-0.2, -0.15) is 0 Å². The van der Waals surface area contributed by atoms with Gasteiger partial charge in [0.25, 0.3) is 5.91 Å². The van der Waals surface area contributed by atoms with Crippen LogP contribution in [0.1, 0.15) is 36.0 Å². The van der Waals surface area contributed by atoms with E-state index in [4.69, 9.17) is 0 Å². The highest BCUT2D eigenvalue weighted by molar-refractivity contribution is 5.94. The molecule has 1 aromatic carbocycles. The van der Waals surface area contributed by atoms with Crippen molar-refractivity contribution in [3.05, 3.63) is 29.8 Å². The third-order valence-corrected chi connectivity index (χ3v) is 4.55. The van der Waals surface area contributed by atoms with Gasteiger partial charge in [-0.15, -0.1) is 13.2 Å². The van der Waals surface area contributed by atoms with Crippen LogP contribution in [0.4, 0.5) is 13.2 Å². The van der Waals surface area contributed by atoms with Gasteiger partial charge in [0.1, 0.15) is 5.75 Å². The Labute approximate surface area is 131 Å². The molecule has 2 aliphatic rings. The number of ether oxygens (including phenoxy) is 1. The molecular weight excluding hydrogens is 311 g/mol. The van der Waals surface area contributed by atoms with Gasteiger partial charge < -0.3 is 14.7 Å². The summed E-state index contributed by atoms with van der Waals surface area (Å²) in [5, 5.41) is 10.2. The summed E-state index contributed by atoms with van der Waals surface area (Å²) in [6, 6.07) is 5.10. The Bertz CT molecular complexity index is 598. The van der Waals surface area contributed by atoms with E-state index in [0.29, 0.717) is 13.1 Å². The lowest BCUT2D eigenvalue weighted by Crippen LogP contribution is -2.44. The molecule has 1 saturated heterocycles. The highest BCUT2D eigenvalue weighted by Crippen LogP contribution is 2.45. The summed E-state index contributed by atoms with van der Waals surface area (Å²) >= 11 is 0. The molecule has 1 atom stereocenters. The number of nitrogens with zero attached hydrogens (tertiary/aromatic N) is 1. The Balaban J connectivity index is 1.71. The number of aliphatic hydroxyl groups is 1. The molecule has 126 valence electrons. The van der Waals surface area contributed by atoms with Crippen molar-refractivity contribution in [3.8, 4) is 5.75 Å². The normalized spacial score (nSPS) is 23.5. The Morgan fingerprint density at radius 2 is 2.09 bits per heavy atom. The van der Waals surface area contributed by atoms with Gasteiger partial charge in [-0.3, -0.25) is 4.79 Å². The fraction of sp³-hybridized carbons (Fsp3) is 0.562. The van der Waals surface area contributed by atoms with Crippen LogP contribution in [-0.2, 0) is 0 Å². The lowest BCUT2D eigenvalue weighted by atomic mass is 9.90. The Kier molecular flexibility index (Phi) is 4.00. The molecular formula is C16H18F3NO3. The zero-order valence-electron chi connectivity index (χ0n) is 12.5. The monoisotopic (exact) mass is 329 g/mol. The predicted octanol–water partition coefficient (Wildman–Crippen LogP) is 2.96. The van der Waals surface area contributed by atoms with Gasteiger partial charge in [0.05, 0.1) is 5.60 Å². The summed E-state index contributed by atoms with van der Waals surface area (Å²) in [5.74, 6) is -0.681. The number of carbonyl (C=O) groups is 1. The van der Waals surface area contributed by atoms with Gasteiger partial charge in [-0.05, 0) is 43.9 Å². The highest BCUT2D eigenvalue weighted by atomic mass is 19.4. The van der Waals surface area contributed by atoms with Crippen LogP contribution in [0.15, 0.2) is 24.3 Å². The minimum atomic E-state index is -4.78. The van der Waals surface area contributed by atoms with Crippen molar-refractivity contribution < 1.29 is 27.8 Å². The second kappa shape index (κ2) is 5.70. The smallest absolute Gasteiger partial charge is 0.406 e. The maximum absolute atomic E-state index is 12.5. The summed E-state index contributed by atoms with van der Waals surface area (Å²) in [4.78, 5) is 14.1. The molecule has 1 aliphatic carbocycles. The molecule has 3 rings (SSSR count). The van der Waals surface area contributed by atoms with Crippen molar-refractivity contribution >= 4 is 5.91 Å². The quantitative estimate of drug-likeness (QED) is 0.927. The molecule has 1 aromatic rings. The predicted molar refractivity (Wildman–Crippen MR) is 75.9 cm³/mol. The Hall–Kier alpha value is -1.76. The Morgan fingerprint density at radius 3 is 2.74 bits per heavy atom. The maximum Gasteiger partial charge on any atom is 0.573 e. The number of alkyl halides is 3. The number of hydrogen-bond donors (Lipinski definition) is 1. The molecule has 4 nitrogen and oxygen atoms in total. The molecule has 1 amide bonds. The maximum atomic E-state index is 12.5. The summed E-state index contributed by atoms with van der Waals surface area (Å²) in [6.07, 6.45) is -1.61. The number of rotatable bonds is 3.